The minimum atomic E-state index is -0.260. The van der Waals surface area contributed by atoms with Gasteiger partial charge in [0.2, 0.25) is 5.96 Å². The maximum Gasteiger partial charge on any atom is 0.259 e. The predicted molar refractivity (Wildman–Crippen MR) is 127 cm³/mol. The topological polar surface area (TPSA) is 80.5 Å². The molecule has 31 heavy (non-hydrogen) atoms. The molecule has 0 spiro atoms. The number of aromatic nitrogens is 2. The third-order valence-electron chi connectivity index (χ3n) is 4.83. The van der Waals surface area contributed by atoms with Crippen LogP contribution in [0.5, 0.6) is 5.75 Å². The van der Waals surface area contributed by atoms with E-state index in [9.17, 15) is 4.79 Å². The van der Waals surface area contributed by atoms with Gasteiger partial charge in [0.25, 0.3) is 5.91 Å². The molecule has 1 amide bonds. The Morgan fingerprint density at radius 2 is 1.87 bits per heavy atom. The lowest BCUT2D eigenvalue weighted by atomic mass is 10.2. The van der Waals surface area contributed by atoms with Gasteiger partial charge in [0, 0.05) is 28.5 Å². The largest absolute Gasteiger partial charge is 0.494 e. The van der Waals surface area contributed by atoms with Crippen LogP contribution in [-0.2, 0) is 13.6 Å². The standard InChI is InChI=1S/C23H26BrN5O2/c1-5-31-18-12-10-17(11-13-18)26-23(25-14-20-15(2)28-29(4)16(20)3)27-22(30)19-8-6-7-9-21(19)24/h6-13H,5,14H2,1-4H3,(H2,25,26,27,30). The molecule has 0 fully saturated rings. The first-order chi connectivity index (χ1) is 14.9. The fourth-order valence-electron chi connectivity index (χ4n) is 3.07. The Kier molecular flexibility index (Phi) is 7.46. The molecule has 8 heteroatoms. The van der Waals surface area contributed by atoms with Crippen LogP contribution < -0.4 is 15.4 Å². The monoisotopic (exact) mass is 483 g/mol. The first-order valence-corrected chi connectivity index (χ1v) is 10.8. The van der Waals surface area contributed by atoms with Crippen molar-refractivity contribution in [3.8, 4) is 5.75 Å². The number of halogens is 1. The van der Waals surface area contributed by atoms with Crippen LogP contribution in [-0.4, -0.2) is 28.3 Å². The van der Waals surface area contributed by atoms with Gasteiger partial charge in [-0.1, -0.05) is 12.1 Å². The van der Waals surface area contributed by atoms with Gasteiger partial charge in [0.1, 0.15) is 5.75 Å². The van der Waals surface area contributed by atoms with Gasteiger partial charge in [-0.3, -0.25) is 14.8 Å². The first-order valence-electron chi connectivity index (χ1n) is 9.98. The second kappa shape index (κ2) is 10.3. The van der Waals surface area contributed by atoms with Crippen molar-refractivity contribution < 1.29 is 9.53 Å². The van der Waals surface area contributed by atoms with Crippen molar-refractivity contribution >= 4 is 33.5 Å². The molecule has 0 bridgehead atoms. The molecule has 1 heterocycles. The first kappa shape index (κ1) is 22.6. The third-order valence-corrected chi connectivity index (χ3v) is 5.52. The molecule has 3 aromatic rings. The summed E-state index contributed by atoms with van der Waals surface area (Å²) in [7, 11) is 1.91. The van der Waals surface area contributed by atoms with Crippen molar-refractivity contribution in [2.75, 3.05) is 11.9 Å². The van der Waals surface area contributed by atoms with E-state index in [1.54, 1.807) is 6.07 Å². The molecule has 7 nitrogen and oxygen atoms in total. The predicted octanol–water partition coefficient (Wildman–Crippen LogP) is 4.60. The van der Waals surface area contributed by atoms with Crippen LogP contribution in [0.4, 0.5) is 5.69 Å². The molecule has 0 unspecified atom stereocenters. The van der Waals surface area contributed by atoms with Gasteiger partial charge >= 0.3 is 0 Å². The molecule has 0 atom stereocenters. The van der Waals surface area contributed by atoms with Gasteiger partial charge in [-0.15, -0.1) is 0 Å². The highest BCUT2D eigenvalue weighted by molar-refractivity contribution is 9.10. The molecule has 0 saturated heterocycles. The van der Waals surface area contributed by atoms with Gasteiger partial charge in [0.15, 0.2) is 0 Å². The van der Waals surface area contributed by atoms with Crippen LogP contribution in [0.2, 0.25) is 0 Å². The molecule has 162 valence electrons. The number of carbonyl (C=O) groups is 1. The lowest BCUT2D eigenvalue weighted by Gasteiger charge is -2.13. The zero-order chi connectivity index (χ0) is 22.4. The summed E-state index contributed by atoms with van der Waals surface area (Å²) in [5.41, 5.74) is 4.30. The van der Waals surface area contributed by atoms with Gasteiger partial charge in [-0.05, 0) is 73.1 Å². The highest BCUT2D eigenvalue weighted by Crippen LogP contribution is 2.18. The van der Waals surface area contributed by atoms with Crippen LogP contribution in [0.15, 0.2) is 58.0 Å². The van der Waals surface area contributed by atoms with Gasteiger partial charge < -0.3 is 10.1 Å². The number of aliphatic imine (C=N–C) groups is 1. The molecule has 0 radical (unpaired) electrons. The van der Waals surface area contributed by atoms with Crippen LogP contribution >= 0.6 is 15.9 Å². The summed E-state index contributed by atoms with van der Waals surface area (Å²) >= 11 is 3.43. The van der Waals surface area contributed by atoms with E-state index in [0.717, 1.165) is 28.4 Å². The summed E-state index contributed by atoms with van der Waals surface area (Å²) in [6, 6.07) is 14.8. The van der Waals surface area contributed by atoms with Crippen LogP contribution in [0.3, 0.4) is 0 Å². The average Bonchev–Trinajstić information content (AvgIpc) is 2.99. The van der Waals surface area contributed by atoms with Gasteiger partial charge in [0.05, 0.1) is 24.4 Å². The van der Waals surface area contributed by atoms with Gasteiger partial charge in [-0.25, -0.2) is 4.99 Å². The van der Waals surface area contributed by atoms with E-state index in [4.69, 9.17) is 4.74 Å². The second-order valence-corrected chi connectivity index (χ2v) is 7.81. The smallest absolute Gasteiger partial charge is 0.259 e. The van der Waals surface area contributed by atoms with E-state index in [-0.39, 0.29) is 5.91 Å². The van der Waals surface area contributed by atoms with Crippen molar-refractivity contribution in [1.82, 2.24) is 15.1 Å². The summed E-state index contributed by atoms with van der Waals surface area (Å²) in [5, 5.41) is 10.5. The molecule has 2 N–H and O–H groups in total. The number of aryl methyl sites for hydroxylation is 2. The summed E-state index contributed by atoms with van der Waals surface area (Å²) in [6.07, 6.45) is 0. The van der Waals surface area contributed by atoms with Crippen molar-refractivity contribution in [2.45, 2.75) is 27.3 Å². The summed E-state index contributed by atoms with van der Waals surface area (Å²) < 4.78 is 8.04. The zero-order valence-electron chi connectivity index (χ0n) is 18.1. The van der Waals surface area contributed by atoms with E-state index in [1.807, 2.05) is 75.0 Å². The third kappa shape index (κ3) is 5.73. The Morgan fingerprint density at radius 3 is 2.48 bits per heavy atom. The summed E-state index contributed by atoms with van der Waals surface area (Å²) in [6.45, 7) is 6.89. The van der Waals surface area contributed by atoms with Gasteiger partial charge in [-0.2, -0.15) is 5.10 Å². The fraction of sp³-hybridized carbons (Fsp3) is 0.261. The van der Waals surface area contributed by atoms with Crippen LogP contribution in [0.1, 0.15) is 34.2 Å². The van der Waals surface area contributed by atoms with E-state index in [1.165, 1.54) is 0 Å². The number of carbonyl (C=O) groups excluding carboxylic acids is 1. The number of nitrogens with zero attached hydrogens (tertiary/aromatic N) is 3. The molecule has 0 aliphatic heterocycles. The molecular formula is C23H26BrN5O2. The van der Waals surface area contributed by atoms with Crippen molar-refractivity contribution in [3.05, 3.63) is 75.5 Å². The number of guanidine groups is 1. The molecule has 0 aliphatic carbocycles. The Hall–Kier alpha value is -3.13. The zero-order valence-corrected chi connectivity index (χ0v) is 19.7. The maximum atomic E-state index is 12.9. The number of anilines is 1. The number of ether oxygens (including phenoxy) is 1. The molecule has 0 saturated carbocycles. The van der Waals surface area contributed by atoms with E-state index >= 15 is 0 Å². The minimum Gasteiger partial charge on any atom is -0.494 e. The highest BCUT2D eigenvalue weighted by atomic mass is 79.9. The highest BCUT2D eigenvalue weighted by Gasteiger charge is 2.14. The number of rotatable bonds is 6. The summed E-state index contributed by atoms with van der Waals surface area (Å²) in [5.74, 6) is 0.877. The summed E-state index contributed by atoms with van der Waals surface area (Å²) in [4.78, 5) is 17.5. The number of nitrogens with one attached hydrogen (secondary N) is 2. The van der Waals surface area contributed by atoms with E-state index in [2.05, 4.69) is 36.7 Å². The van der Waals surface area contributed by atoms with Crippen molar-refractivity contribution in [2.24, 2.45) is 12.0 Å². The molecule has 0 aliphatic rings. The number of hydrogen-bond acceptors (Lipinski definition) is 4. The van der Waals surface area contributed by atoms with E-state index < -0.39 is 0 Å². The number of amides is 1. The van der Waals surface area contributed by atoms with Crippen LogP contribution in [0, 0.1) is 13.8 Å². The lowest BCUT2D eigenvalue weighted by Crippen LogP contribution is -2.36. The Labute approximate surface area is 190 Å². The molecule has 1 aromatic heterocycles. The minimum absolute atomic E-state index is 0.260. The fourth-order valence-corrected chi connectivity index (χ4v) is 3.54. The lowest BCUT2D eigenvalue weighted by molar-refractivity contribution is 0.0976. The van der Waals surface area contributed by atoms with Crippen LogP contribution in [0.25, 0.3) is 0 Å². The SMILES string of the molecule is CCOc1ccc(NC(=NCc2c(C)nn(C)c2C)NC(=O)c2ccccc2Br)cc1. The maximum absolute atomic E-state index is 12.9. The number of hydrogen-bond donors (Lipinski definition) is 2. The molecule has 2 aromatic carbocycles. The Balaban J connectivity index is 1.85. The second-order valence-electron chi connectivity index (χ2n) is 6.95. The Bertz CT molecular complexity index is 1090. The normalized spacial score (nSPS) is 11.3. The molecular weight excluding hydrogens is 458 g/mol. The van der Waals surface area contributed by atoms with E-state index in [0.29, 0.717) is 29.1 Å². The number of benzene rings is 2. The average molecular weight is 484 g/mol. The Morgan fingerprint density at radius 1 is 1.16 bits per heavy atom. The molecule has 3 rings (SSSR count). The quantitative estimate of drug-likeness (QED) is 0.396. The van der Waals surface area contributed by atoms with Crippen molar-refractivity contribution in [3.63, 3.8) is 0 Å². The van der Waals surface area contributed by atoms with Crippen molar-refractivity contribution in [1.29, 1.82) is 0 Å².